The lowest BCUT2D eigenvalue weighted by atomic mass is 10.1. The Balaban J connectivity index is 2.47. The molecule has 1 aromatic carbocycles. The van der Waals surface area contributed by atoms with Crippen LogP contribution in [0.15, 0.2) is 24.4 Å². The maximum Gasteiger partial charge on any atom is 0.200 e. The van der Waals surface area contributed by atoms with E-state index in [-0.39, 0.29) is 0 Å². The molecular weight excluding hydrogens is 214 g/mol. The van der Waals surface area contributed by atoms with Gasteiger partial charge in [-0.15, -0.1) is 0 Å². The summed E-state index contributed by atoms with van der Waals surface area (Å²) in [7, 11) is 3.52. The molecule has 2 aromatic rings. The van der Waals surface area contributed by atoms with Crippen molar-refractivity contribution in [2.75, 3.05) is 19.5 Å². The first-order valence-electron chi connectivity index (χ1n) is 5.68. The average Bonchev–Trinajstić information content (AvgIpc) is 2.86. The van der Waals surface area contributed by atoms with Crippen LogP contribution in [0.5, 0.6) is 5.75 Å². The number of rotatable bonds is 4. The molecule has 2 rings (SSSR count). The fourth-order valence-electron chi connectivity index (χ4n) is 1.77. The molecule has 4 nitrogen and oxygen atoms in total. The second-order valence-electron chi connectivity index (χ2n) is 3.78. The molecule has 0 saturated heterocycles. The highest BCUT2D eigenvalue weighted by Gasteiger charge is 2.09. The minimum Gasteiger partial charge on any atom is -0.496 e. The third kappa shape index (κ3) is 2.25. The van der Waals surface area contributed by atoms with E-state index in [0.717, 1.165) is 29.4 Å². The molecule has 0 saturated carbocycles. The monoisotopic (exact) mass is 231 g/mol. The Morgan fingerprint density at radius 3 is 2.82 bits per heavy atom. The van der Waals surface area contributed by atoms with Gasteiger partial charge in [-0.05, 0) is 24.1 Å². The molecule has 0 spiro atoms. The van der Waals surface area contributed by atoms with Crippen LogP contribution in [0.3, 0.4) is 0 Å². The van der Waals surface area contributed by atoms with Gasteiger partial charge in [-0.3, -0.25) is 0 Å². The van der Waals surface area contributed by atoms with Gasteiger partial charge in [0.1, 0.15) is 5.75 Å². The van der Waals surface area contributed by atoms with E-state index in [4.69, 9.17) is 4.74 Å². The van der Waals surface area contributed by atoms with Gasteiger partial charge in [-0.1, -0.05) is 13.0 Å². The molecule has 0 aliphatic heterocycles. The summed E-state index contributed by atoms with van der Waals surface area (Å²) < 4.78 is 5.37. The first-order chi connectivity index (χ1) is 8.28. The molecule has 0 bridgehead atoms. The second-order valence-corrected chi connectivity index (χ2v) is 3.78. The molecule has 2 N–H and O–H groups in total. The molecule has 1 aromatic heterocycles. The van der Waals surface area contributed by atoms with E-state index >= 15 is 0 Å². The molecule has 90 valence electrons. The third-order valence-electron chi connectivity index (χ3n) is 2.77. The molecular formula is C13H17N3O. The number of anilines is 1. The average molecular weight is 231 g/mol. The lowest BCUT2D eigenvalue weighted by molar-refractivity contribution is 0.416. The van der Waals surface area contributed by atoms with Crippen molar-refractivity contribution in [2.24, 2.45) is 0 Å². The molecule has 0 radical (unpaired) electrons. The number of ether oxygens (including phenoxy) is 1. The SMILES string of the molecule is CCc1ccc(OC)c(-c2cnc(NC)[nH]2)c1. The molecule has 1 heterocycles. The molecule has 0 fully saturated rings. The van der Waals surface area contributed by atoms with E-state index in [1.165, 1.54) is 5.56 Å². The van der Waals surface area contributed by atoms with Gasteiger partial charge < -0.3 is 15.0 Å². The summed E-state index contributed by atoms with van der Waals surface area (Å²) in [5, 5.41) is 2.98. The van der Waals surface area contributed by atoms with E-state index in [9.17, 15) is 0 Å². The lowest BCUT2D eigenvalue weighted by Crippen LogP contribution is -1.92. The summed E-state index contributed by atoms with van der Waals surface area (Å²) in [5.41, 5.74) is 3.28. The summed E-state index contributed by atoms with van der Waals surface area (Å²) in [6.07, 6.45) is 2.81. The highest BCUT2D eigenvalue weighted by molar-refractivity contribution is 5.68. The van der Waals surface area contributed by atoms with Crippen molar-refractivity contribution < 1.29 is 4.74 Å². The number of imidazole rings is 1. The number of methoxy groups -OCH3 is 1. The van der Waals surface area contributed by atoms with Crippen molar-refractivity contribution in [1.29, 1.82) is 0 Å². The summed E-state index contributed by atoms with van der Waals surface area (Å²) in [6, 6.07) is 6.21. The Morgan fingerprint density at radius 1 is 1.41 bits per heavy atom. The smallest absolute Gasteiger partial charge is 0.200 e. The van der Waals surface area contributed by atoms with Gasteiger partial charge in [-0.25, -0.2) is 4.98 Å². The Kier molecular flexibility index (Phi) is 3.32. The molecule has 17 heavy (non-hydrogen) atoms. The number of aromatic amines is 1. The van der Waals surface area contributed by atoms with E-state index in [1.54, 1.807) is 7.11 Å². The predicted octanol–water partition coefficient (Wildman–Crippen LogP) is 2.69. The largest absolute Gasteiger partial charge is 0.496 e. The summed E-state index contributed by atoms with van der Waals surface area (Å²) in [6.45, 7) is 2.14. The van der Waals surface area contributed by atoms with Crippen LogP contribution >= 0.6 is 0 Å². The number of nitrogens with zero attached hydrogens (tertiary/aromatic N) is 1. The zero-order chi connectivity index (χ0) is 12.3. The van der Waals surface area contributed by atoms with Crippen LogP contribution < -0.4 is 10.1 Å². The number of hydrogen-bond acceptors (Lipinski definition) is 3. The Hall–Kier alpha value is -1.97. The minimum atomic E-state index is 0.754. The zero-order valence-corrected chi connectivity index (χ0v) is 10.4. The van der Waals surface area contributed by atoms with Gasteiger partial charge in [-0.2, -0.15) is 0 Å². The number of aromatic nitrogens is 2. The molecule has 0 unspecified atom stereocenters. The van der Waals surface area contributed by atoms with Gasteiger partial charge >= 0.3 is 0 Å². The van der Waals surface area contributed by atoms with Crippen molar-refractivity contribution >= 4 is 5.95 Å². The fourth-order valence-corrected chi connectivity index (χ4v) is 1.77. The van der Waals surface area contributed by atoms with Crippen molar-refractivity contribution in [1.82, 2.24) is 9.97 Å². The van der Waals surface area contributed by atoms with E-state index in [0.29, 0.717) is 0 Å². The van der Waals surface area contributed by atoms with Crippen LogP contribution in [0.4, 0.5) is 5.95 Å². The zero-order valence-electron chi connectivity index (χ0n) is 10.4. The van der Waals surface area contributed by atoms with Crippen LogP contribution in [0.1, 0.15) is 12.5 Å². The number of H-pyrrole nitrogens is 1. The number of benzene rings is 1. The highest BCUT2D eigenvalue weighted by Crippen LogP contribution is 2.30. The Labute approximate surface area is 101 Å². The molecule has 0 aliphatic rings. The first-order valence-corrected chi connectivity index (χ1v) is 5.68. The fraction of sp³-hybridized carbons (Fsp3) is 0.308. The summed E-state index contributed by atoms with van der Waals surface area (Å²) >= 11 is 0. The first kappa shape index (κ1) is 11.5. The van der Waals surface area contributed by atoms with E-state index < -0.39 is 0 Å². The van der Waals surface area contributed by atoms with Crippen molar-refractivity contribution in [3.63, 3.8) is 0 Å². The quantitative estimate of drug-likeness (QED) is 0.850. The lowest BCUT2D eigenvalue weighted by Gasteiger charge is -2.08. The molecule has 0 aliphatic carbocycles. The van der Waals surface area contributed by atoms with Gasteiger partial charge in [0.15, 0.2) is 5.95 Å². The normalized spacial score (nSPS) is 10.3. The second kappa shape index (κ2) is 4.91. The molecule has 4 heteroatoms. The van der Waals surface area contributed by atoms with Crippen LogP contribution in [0, 0.1) is 0 Å². The Bertz CT molecular complexity index is 505. The molecule has 0 atom stereocenters. The maximum absolute atomic E-state index is 5.37. The summed E-state index contributed by atoms with van der Waals surface area (Å²) in [4.78, 5) is 7.42. The third-order valence-corrected chi connectivity index (χ3v) is 2.77. The topological polar surface area (TPSA) is 49.9 Å². The highest BCUT2D eigenvalue weighted by atomic mass is 16.5. The van der Waals surface area contributed by atoms with Crippen molar-refractivity contribution in [2.45, 2.75) is 13.3 Å². The number of hydrogen-bond donors (Lipinski definition) is 2. The van der Waals surface area contributed by atoms with Crippen LogP contribution in [0.2, 0.25) is 0 Å². The van der Waals surface area contributed by atoms with Gasteiger partial charge in [0.2, 0.25) is 0 Å². The van der Waals surface area contributed by atoms with Crippen LogP contribution in [-0.2, 0) is 6.42 Å². The summed E-state index contributed by atoms with van der Waals surface area (Å²) in [5.74, 6) is 1.61. The van der Waals surface area contributed by atoms with Crippen molar-refractivity contribution in [3.8, 4) is 17.0 Å². The van der Waals surface area contributed by atoms with Gasteiger partial charge in [0, 0.05) is 12.6 Å². The predicted molar refractivity (Wildman–Crippen MR) is 69.5 cm³/mol. The van der Waals surface area contributed by atoms with E-state index in [1.807, 2.05) is 19.3 Å². The van der Waals surface area contributed by atoms with Gasteiger partial charge in [0.25, 0.3) is 0 Å². The van der Waals surface area contributed by atoms with Crippen LogP contribution in [0.25, 0.3) is 11.3 Å². The van der Waals surface area contributed by atoms with Crippen molar-refractivity contribution in [3.05, 3.63) is 30.0 Å². The van der Waals surface area contributed by atoms with Crippen LogP contribution in [-0.4, -0.2) is 24.1 Å². The number of aryl methyl sites for hydroxylation is 1. The maximum atomic E-state index is 5.37. The van der Waals surface area contributed by atoms with E-state index in [2.05, 4.69) is 34.3 Å². The number of nitrogens with one attached hydrogen (secondary N) is 2. The van der Waals surface area contributed by atoms with Gasteiger partial charge in [0.05, 0.1) is 19.0 Å². The standard InChI is InChI=1S/C13H17N3O/c1-4-9-5-6-12(17-3)10(7-9)11-8-15-13(14-2)16-11/h5-8H,4H2,1-3H3,(H2,14,15,16). The Morgan fingerprint density at radius 2 is 2.24 bits per heavy atom. The minimum absolute atomic E-state index is 0.754. The molecule has 0 amide bonds.